The number of thioether (sulfide) groups is 1. The third-order valence-corrected chi connectivity index (χ3v) is 12.3. The number of nitrogens with two attached hydrogens (primary N) is 1. The zero-order chi connectivity index (χ0) is 28.2. The molecule has 9 atom stereocenters. The summed E-state index contributed by atoms with van der Waals surface area (Å²) in [6, 6.07) is 0.159. The first-order chi connectivity index (χ1) is 19.3. The molecule has 0 aromatic carbocycles. The standard InChI is InChI=1S/C29H44Cl2N4O4S/c1-18-23(30)5-3-7-26(18)38-11-12-39-29(37)35-10-13-40-27-22(4-2-6-25(27)35)21-15-33-34(17-21)16-20-14-19(28(32)36)8-9-24(20)31/h15,17-20,22-27H,2-14,16H2,1H3,(H2,32,36). The number of amides is 2. The molecule has 0 radical (unpaired) electrons. The van der Waals surface area contributed by atoms with Crippen LogP contribution in [0.3, 0.4) is 0 Å². The van der Waals surface area contributed by atoms with Crippen LogP contribution in [0.4, 0.5) is 4.79 Å². The summed E-state index contributed by atoms with van der Waals surface area (Å²) in [6.07, 6.45) is 12.6. The van der Waals surface area contributed by atoms with Crippen LogP contribution in [0.25, 0.3) is 0 Å². The van der Waals surface area contributed by atoms with Crippen molar-refractivity contribution in [3.05, 3.63) is 18.0 Å². The molecule has 1 saturated heterocycles. The fraction of sp³-hybridized carbons (Fsp3) is 0.828. The number of hydrogen-bond donors (Lipinski definition) is 1. The van der Waals surface area contributed by atoms with E-state index in [4.69, 9.17) is 38.4 Å². The maximum atomic E-state index is 13.2. The quantitative estimate of drug-likeness (QED) is 0.311. The van der Waals surface area contributed by atoms with Crippen LogP contribution in [0.15, 0.2) is 12.4 Å². The number of alkyl halides is 2. The SMILES string of the molecule is CC1C(Cl)CCCC1OCCOC(=O)N1CCSC2C(c3cnn(CC4CC(C(N)=O)CCC4Cl)c3)CCCC21. The van der Waals surface area contributed by atoms with E-state index in [1.54, 1.807) is 0 Å². The lowest BCUT2D eigenvalue weighted by Gasteiger charge is -2.46. The van der Waals surface area contributed by atoms with Crippen LogP contribution in [0.1, 0.15) is 76.2 Å². The van der Waals surface area contributed by atoms with Crippen molar-refractivity contribution in [2.45, 2.75) is 105 Å². The van der Waals surface area contributed by atoms with Crippen LogP contribution in [0, 0.1) is 17.8 Å². The number of aromatic nitrogens is 2. The van der Waals surface area contributed by atoms with E-state index in [1.807, 2.05) is 27.5 Å². The summed E-state index contributed by atoms with van der Waals surface area (Å²) < 4.78 is 13.7. The molecule has 8 nitrogen and oxygen atoms in total. The molecule has 2 heterocycles. The normalized spacial score (nSPS) is 36.6. The second kappa shape index (κ2) is 13.9. The highest BCUT2D eigenvalue weighted by molar-refractivity contribution is 8.00. The Morgan fingerprint density at radius 3 is 2.75 bits per heavy atom. The van der Waals surface area contributed by atoms with E-state index in [1.165, 1.54) is 5.56 Å². The molecule has 2 amide bonds. The van der Waals surface area contributed by atoms with E-state index in [9.17, 15) is 9.59 Å². The number of fused-ring (bicyclic) bond motifs is 1. The molecule has 4 aliphatic rings. The second-order valence-corrected chi connectivity index (χ2v) is 14.6. The number of ether oxygens (including phenoxy) is 2. The minimum Gasteiger partial charge on any atom is -0.447 e. The Bertz CT molecular complexity index is 1010. The summed E-state index contributed by atoms with van der Waals surface area (Å²) >= 11 is 15.0. The highest BCUT2D eigenvalue weighted by atomic mass is 35.5. The van der Waals surface area contributed by atoms with Gasteiger partial charge in [0.15, 0.2) is 0 Å². The molecule has 1 aromatic rings. The van der Waals surface area contributed by atoms with Gasteiger partial charge < -0.3 is 20.1 Å². The van der Waals surface area contributed by atoms with Crippen LogP contribution in [0.2, 0.25) is 0 Å². The Balaban J connectivity index is 1.14. The third kappa shape index (κ3) is 7.07. The first-order valence-corrected chi connectivity index (χ1v) is 17.0. The Morgan fingerprint density at radius 1 is 1.10 bits per heavy atom. The zero-order valence-electron chi connectivity index (χ0n) is 23.5. The number of primary amides is 1. The number of hydrogen-bond acceptors (Lipinski definition) is 6. The van der Waals surface area contributed by atoms with Gasteiger partial charge in [-0.15, -0.1) is 23.2 Å². The molecular formula is C29H44Cl2N4O4S. The molecule has 0 spiro atoms. The van der Waals surface area contributed by atoms with E-state index in [0.29, 0.717) is 36.8 Å². The molecular weight excluding hydrogens is 571 g/mol. The highest BCUT2D eigenvalue weighted by Crippen LogP contribution is 2.44. The molecule has 9 unspecified atom stereocenters. The van der Waals surface area contributed by atoms with Gasteiger partial charge in [0.2, 0.25) is 5.91 Å². The van der Waals surface area contributed by atoms with Gasteiger partial charge >= 0.3 is 6.09 Å². The number of nitrogens with zero attached hydrogens (tertiary/aromatic N) is 3. The van der Waals surface area contributed by atoms with Crippen molar-refractivity contribution in [1.29, 1.82) is 0 Å². The Hall–Kier alpha value is -1.16. The molecule has 224 valence electrons. The highest BCUT2D eigenvalue weighted by Gasteiger charge is 2.43. The lowest BCUT2D eigenvalue weighted by molar-refractivity contribution is -0.123. The van der Waals surface area contributed by atoms with Gasteiger partial charge in [-0.2, -0.15) is 16.9 Å². The largest absolute Gasteiger partial charge is 0.447 e. The van der Waals surface area contributed by atoms with Gasteiger partial charge in [-0.3, -0.25) is 9.48 Å². The number of carbonyl (C=O) groups excluding carboxylic acids is 2. The first-order valence-electron chi connectivity index (χ1n) is 15.1. The number of carbonyl (C=O) groups is 2. The Labute approximate surface area is 252 Å². The fourth-order valence-corrected chi connectivity index (χ4v) is 9.47. The van der Waals surface area contributed by atoms with Gasteiger partial charge in [-0.25, -0.2) is 4.79 Å². The van der Waals surface area contributed by atoms with Crippen molar-refractivity contribution in [1.82, 2.24) is 14.7 Å². The summed E-state index contributed by atoms with van der Waals surface area (Å²) in [6.45, 7) is 4.23. The van der Waals surface area contributed by atoms with Crippen molar-refractivity contribution in [2.24, 2.45) is 23.5 Å². The summed E-state index contributed by atoms with van der Waals surface area (Å²) in [5.74, 6) is 1.41. The van der Waals surface area contributed by atoms with Crippen LogP contribution < -0.4 is 5.73 Å². The predicted octanol–water partition coefficient (Wildman–Crippen LogP) is 5.39. The lowest BCUT2D eigenvalue weighted by atomic mass is 9.80. The van der Waals surface area contributed by atoms with Gasteiger partial charge in [0, 0.05) is 58.9 Å². The number of rotatable bonds is 8. The molecule has 3 saturated carbocycles. The summed E-state index contributed by atoms with van der Waals surface area (Å²) in [7, 11) is 0. The fourth-order valence-electron chi connectivity index (χ4n) is 7.24. The molecule has 5 rings (SSSR count). The molecule has 1 aromatic heterocycles. The topological polar surface area (TPSA) is 99.7 Å². The van der Waals surface area contributed by atoms with Gasteiger partial charge in [0.1, 0.15) is 6.61 Å². The van der Waals surface area contributed by atoms with Gasteiger partial charge in [-0.05, 0) is 68.8 Å². The maximum Gasteiger partial charge on any atom is 0.410 e. The van der Waals surface area contributed by atoms with Gasteiger partial charge in [0.05, 0.1) is 18.9 Å². The summed E-state index contributed by atoms with van der Waals surface area (Å²) in [5, 5.41) is 5.20. The Morgan fingerprint density at radius 2 is 1.93 bits per heavy atom. The van der Waals surface area contributed by atoms with Crippen LogP contribution >= 0.6 is 35.0 Å². The summed E-state index contributed by atoms with van der Waals surface area (Å²) in [4.78, 5) is 26.9. The van der Waals surface area contributed by atoms with Crippen molar-refractivity contribution in [3.8, 4) is 0 Å². The molecule has 2 N–H and O–H groups in total. The smallest absolute Gasteiger partial charge is 0.410 e. The molecule has 11 heteroatoms. The molecule has 1 aliphatic heterocycles. The Kier molecular flexibility index (Phi) is 10.5. The van der Waals surface area contributed by atoms with Crippen molar-refractivity contribution in [3.63, 3.8) is 0 Å². The minimum absolute atomic E-state index is 0.0319. The van der Waals surface area contributed by atoms with Crippen molar-refractivity contribution >= 4 is 47.0 Å². The summed E-state index contributed by atoms with van der Waals surface area (Å²) in [5.41, 5.74) is 6.81. The molecule has 3 aliphatic carbocycles. The van der Waals surface area contributed by atoms with Gasteiger partial charge in [-0.1, -0.05) is 13.3 Å². The van der Waals surface area contributed by atoms with Crippen molar-refractivity contribution < 1.29 is 19.1 Å². The predicted molar refractivity (Wildman–Crippen MR) is 159 cm³/mol. The van der Waals surface area contributed by atoms with E-state index in [2.05, 4.69) is 18.2 Å². The zero-order valence-corrected chi connectivity index (χ0v) is 25.8. The van der Waals surface area contributed by atoms with E-state index < -0.39 is 0 Å². The lowest BCUT2D eigenvalue weighted by Crippen LogP contribution is -2.54. The third-order valence-electron chi connectivity index (χ3n) is 9.63. The monoisotopic (exact) mass is 614 g/mol. The molecule has 4 fully saturated rings. The minimum atomic E-state index is -0.226. The molecule has 0 bridgehead atoms. The average molecular weight is 616 g/mol. The van der Waals surface area contributed by atoms with Crippen LogP contribution in [-0.2, 0) is 20.8 Å². The first kappa shape index (κ1) is 30.3. The second-order valence-electron chi connectivity index (χ2n) is 12.1. The van der Waals surface area contributed by atoms with Crippen LogP contribution in [0.5, 0.6) is 0 Å². The number of halogens is 2. The molecule has 40 heavy (non-hydrogen) atoms. The average Bonchev–Trinajstić information content (AvgIpc) is 3.41. The van der Waals surface area contributed by atoms with Crippen molar-refractivity contribution in [2.75, 3.05) is 25.5 Å². The van der Waals surface area contributed by atoms with Crippen LogP contribution in [-0.4, -0.2) is 80.3 Å². The van der Waals surface area contributed by atoms with Gasteiger partial charge in [0.25, 0.3) is 0 Å². The van der Waals surface area contributed by atoms with E-state index in [0.717, 1.165) is 63.5 Å². The van der Waals surface area contributed by atoms with E-state index >= 15 is 0 Å². The van der Waals surface area contributed by atoms with E-state index in [-0.39, 0.29) is 53.3 Å². The maximum absolute atomic E-state index is 13.2.